The molecule has 0 saturated heterocycles. The summed E-state index contributed by atoms with van der Waals surface area (Å²) in [5.41, 5.74) is 3.09. The van der Waals surface area contributed by atoms with Crippen LogP contribution in [0.25, 0.3) is 11.3 Å². The first-order valence-electron chi connectivity index (χ1n) is 9.20. The minimum absolute atomic E-state index is 0.0737. The lowest BCUT2D eigenvalue weighted by Crippen LogP contribution is -2.15. The Hall–Kier alpha value is -3.10. The van der Waals surface area contributed by atoms with E-state index in [-0.39, 0.29) is 11.7 Å². The Morgan fingerprint density at radius 1 is 1.06 bits per heavy atom. The van der Waals surface area contributed by atoms with Crippen LogP contribution in [0.5, 0.6) is 5.75 Å². The fourth-order valence-electron chi connectivity index (χ4n) is 2.70. The number of thioether (sulfide) groups is 1. The quantitative estimate of drug-likeness (QED) is 0.314. The number of aromatic nitrogens is 2. The van der Waals surface area contributed by atoms with E-state index in [9.17, 15) is 9.59 Å². The van der Waals surface area contributed by atoms with Crippen molar-refractivity contribution in [3.8, 4) is 17.0 Å². The van der Waals surface area contributed by atoms with Crippen molar-refractivity contribution in [1.82, 2.24) is 9.97 Å². The summed E-state index contributed by atoms with van der Waals surface area (Å²) in [6, 6.07) is 14.0. The SMILES string of the molecule is COC(=O)c1ccc(Cl)c(NC(=O)CSc2nc(C)cc(-c3ccc(OC)cc3)n2)c1. The van der Waals surface area contributed by atoms with E-state index in [2.05, 4.69) is 15.3 Å². The second kappa shape index (κ2) is 10.3. The number of rotatable bonds is 7. The molecule has 0 spiro atoms. The highest BCUT2D eigenvalue weighted by atomic mass is 35.5. The van der Waals surface area contributed by atoms with Gasteiger partial charge >= 0.3 is 5.97 Å². The van der Waals surface area contributed by atoms with Gasteiger partial charge in [0.2, 0.25) is 5.91 Å². The Balaban J connectivity index is 1.69. The predicted molar refractivity (Wildman–Crippen MR) is 121 cm³/mol. The van der Waals surface area contributed by atoms with Crippen molar-refractivity contribution in [1.29, 1.82) is 0 Å². The van der Waals surface area contributed by atoms with E-state index in [1.54, 1.807) is 7.11 Å². The number of nitrogens with zero attached hydrogens (tertiary/aromatic N) is 2. The van der Waals surface area contributed by atoms with Gasteiger partial charge in [-0.3, -0.25) is 4.79 Å². The van der Waals surface area contributed by atoms with Crippen LogP contribution in [0.1, 0.15) is 16.1 Å². The van der Waals surface area contributed by atoms with Crippen molar-refractivity contribution in [3.63, 3.8) is 0 Å². The molecular weight excluding hydrogens is 438 g/mol. The van der Waals surface area contributed by atoms with Crippen molar-refractivity contribution >= 4 is 40.9 Å². The van der Waals surface area contributed by atoms with Crippen molar-refractivity contribution in [2.45, 2.75) is 12.1 Å². The summed E-state index contributed by atoms with van der Waals surface area (Å²) in [5.74, 6) is 0.0195. The number of aryl methyl sites for hydroxylation is 1. The number of carbonyl (C=O) groups excluding carboxylic acids is 2. The van der Waals surface area contributed by atoms with E-state index in [4.69, 9.17) is 21.1 Å². The number of amides is 1. The van der Waals surface area contributed by atoms with Crippen LogP contribution < -0.4 is 10.1 Å². The number of esters is 1. The lowest BCUT2D eigenvalue weighted by Gasteiger charge is -2.09. The first-order chi connectivity index (χ1) is 14.9. The summed E-state index contributed by atoms with van der Waals surface area (Å²) < 4.78 is 9.88. The Kier molecular flexibility index (Phi) is 7.49. The molecule has 1 amide bonds. The number of anilines is 1. The van der Waals surface area contributed by atoms with Gasteiger partial charge in [0.25, 0.3) is 0 Å². The Bertz CT molecular complexity index is 1110. The van der Waals surface area contributed by atoms with Gasteiger partial charge in [0.1, 0.15) is 5.75 Å². The molecule has 2 aromatic carbocycles. The zero-order chi connectivity index (χ0) is 22.4. The molecule has 0 aliphatic carbocycles. The summed E-state index contributed by atoms with van der Waals surface area (Å²) in [6.45, 7) is 1.87. The van der Waals surface area contributed by atoms with Crippen LogP contribution in [-0.2, 0) is 9.53 Å². The Morgan fingerprint density at radius 2 is 1.81 bits per heavy atom. The largest absolute Gasteiger partial charge is 0.497 e. The Labute approximate surface area is 189 Å². The van der Waals surface area contributed by atoms with Gasteiger partial charge in [0.05, 0.1) is 41.9 Å². The molecular formula is C22H20ClN3O4S. The molecule has 160 valence electrons. The van der Waals surface area contributed by atoms with Crippen molar-refractivity contribution in [2.75, 3.05) is 25.3 Å². The second-order valence-electron chi connectivity index (χ2n) is 6.43. The molecule has 0 saturated carbocycles. The molecule has 0 atom stereocenters. The summed E-state index contributed by atoms with van der Waals surface area (Å²) >= 11 is 7.33. The van der Waals surface area contributed by atoms with Gasteiger partial charge < -0.3 is 14.8 Å². The maximum atomic E-state index is 12.4. The molecule has 0 unspecified atom stereocenters. The van der Waals surface area contributed by atoms with E-state index in [0.717, 1.165) is 22.7 Å². The van der Waals surface area contributed by atoms with E-state index in [1.807, 2.05) is 37.3 Å². The number of halogens is 1. The average molecular weight is 458 g/mol. The summed E-state index contributed by atoms with van der Waals surface area (Å²) in [6.07, 6.45) is 0. The van der Waals surface area contributed by atoms with Gasteiger partial charge in [-0.25, -0.2) is 14.8 Å². The minimum atomic E-state index is -0.513. The number of methoxy groups -OCH3 is 2. The van der Waals surface area contributed by atoms with E-state index in [0.29, 0.717) is 21.4 Å². The third-order valence-electron chi connectivity index (χ3n) is 4.21. The highest BCUT2D eigenvalue weighted by Gasteiger charge is 2.13. The molecule has 7 nitrogen and oxygen atoms in total. The maximum Gasteiger partial charge on any atom is 0.337 e. The van der Waals surface area contributed by atoms with Crippen LogP contribution in [0.3, 0.4) is 0 Å². The summed E-state index contributed by atoms with van der Waals surface area (Å²) in [7, 11) is 2.90. The van der Waals surface area contributed by atoms with Gasteiger partial charge in [-0.1, -0.05) is 23.4 Å². The average Bonchev–Trinajstić information content (AvgIpc) is 2.78. The fourth-order valence-corrected chi connectivity index (χ4v) is 3.57. The fraction of sp³-hybridized carbons (Fsp3) is 0.182. The molecule has 0 fully saturated rings. The first kappa shape index (κ1) is 22.6. The van der Waals surface area contributed by atoms with Crippen LogP contribution in [-0.4, -0.2) is 41.8 Å². The highest BCUT2D eigenvalue weighted by molar-refractivity contribution is 7.99. The van der Waals surface area contributed by atoms with Crippen LogP contribution in [0.15, 0.2) is 53.7 Å². The molecule has 9 heteroatoms. The van der Waals surface area contributed by atoms with E-state index in [1.165, 1.54) is 37.1 Å². The van der Waals surface area contributed by atoms with Gasteiger partial charge in [-0.15, -0.1) is 0 Å². The third kappa shape index (κ3) is 5.96. The molecule has 0 aliphatic rings. The lowest BCUT2D eigenvalue weighted by molar-refractivity contribution is -0.113. The molecule has 0 radical (unpaired) electrons. The summed E-state index contributed by atoms with van der Waals surface area (Å²) in [5, 5.41) is 3.51. The standard InChI is InChI=1S/C22H20ClN3O4S/c1-13-10-18(14-4-7-16(29-2)8-5-14)26-22(24-13)31-12-20(27)25-19-11-15(21(28)30-3)6-9-17(19)23/h4-11H,12H2,1-3H3,(H,25,27). The van der Waals surface area contributed by atoms with Crippen LogP contribution in [0.4, 0.5) is 5.69 Å². The molecule has 3 rings (SSSR count). The zero-order valence-electron chi connectivity index (χ0n) is 17.1. The van der Waals surface area contributed by atoms with Crippen molar-refractivity contribution < 1.29 is 19.1 Å². The topological polar surface area (TPSA) is 90.4 Å². The number of carbonyl (C=O) groups is 2. The number of hydrogen-bond acceptors (Lipinski definition) is 7. The van der Waals surface area contributed by atoms with Crippen LogP contribution in [0.2, 0.25) is 5.02 Å². The Morgan fingerprint density at radius 3 is 2.48 bits per heavy atom. The summed E-state index contributed by atoms with van der Waals surface area (Å²) in [4.78, 5) is 33.1. The molecule has 3 aromatic rings. The maximum absolute atomic E-state index is 12.4. The number of benzene rings is 2. The minimum Gasteiger partial charge on any atom is -0.497 e. The van der Waals surface area contributed by atoms with Crippen molar-refractivity contribution in [2.24, 2.45) is 0 Å². The normalized spacial score (nSPS) is 10.5. The number of hydrogen-bond donors (Lipinski definition) is 1. The van der Waals surface area contributed by atoms with Crippen molar-refractivity contribution in [3.05, 3.63) is 64.8 Å². The number of nitrogens with one attached hydrogen (secondary N) is 1. The third-order valence-corrected chi connectivity index (χ3v) is 5.39. The highest BCUT2D eigenvalue weighted by Crippen LogP contribution is 2.26. The predicted octanol–water partition coefficient (Wildman–Crippen LogP) is 4.63. The van der Waals surface area contributed by atoms with Crippen LogP contribution >= 0.6 is 23.4 Å². The molecule has 0 bridgehead atoms. The zero-order valence-corrected chi connectivity index (χ0v) is 18.7. The molecule has 1 aromatic heterocycles. The molecule has 31 heavy (non-hydrogen) atoms. The second-order valence-corrected chi connectivity index (χ2v) is 7.78. The van der Waals surface area contributed by atoms with E-state index >= 15 is 0 Å². The van der Waals surface area contributed by atoms with Crippen LogP contribution in [0, 0.1) is 6.92 Å². The number of ether oxygens (including phenoxy) is 2. The monoisotopic (exact) mass is 457 g/mol. The molecule has 1 heterocycles. The smallest absolute Gasteiger partial charge is 0.337 e. The van der Waals surface area contributed by atoms with Gasteiger partial charge in [0.15, 0.2) is 5.16 Å². The first-order valence-corrected chi connectivity index (χ1v) is 10.6. The lowest BCUT2D eigenvalue weighted by atomic mass is 10.1. The van der Waals surface area contributed by atoms with Gasteiger partial charge in [-0.05, 0) is 55.5 Å². The van der Waals surface area contributed by atoms with E-state index < -0.39 is 5.97 Å². The van der Waals surface area contributed by atoms with Gasteiger partial charge in [-0.2, -0.15) is 0 Å². The molecule has 0 aliphatic heterocycles. The molecule has 1 N–H and O–H groups in total. The van der Waals surface area contributed by atoms with Gasteiger partial charge in [0, 0.05) is 11.3 Å².